The molecule has 6 heteroatoms. The van der Waals surface area contributed by atoms with Gasteiger partial charge in [-0.05, 0) is 36.6 Å². The molecule has 2 heterocycles. The van der Waals surface area contributed by atoms with Gasteiger partial charge in [0.05, 0.1) is 11.5 Å². The number of allylic oxidation sites excluding steroid dienone is 1. The first-order valence-electron chi connectivity index (χ1n) is 9.61. The molecule has 5 nitrogen and oxygen atoms in total. The van der Waals surface area contributed by atoms with Crippen LogP contribution in [-0.2, 0) is 13.0 Å². The maximum atomic E-state index is 13.5. The van der Waals surface area contributed by atoms with Crippen LogP contribution in [0, 0.1) is 24.1 Å². The Hall–Kier alpha value is -3.85. The molecule has 0 amide bonds. The van der Waals surface area contributed by atoms with Gasteiger partial charge in [-0.15, -0.1) is 0 Å². The molecule has 1 aliphatic heterocycles. The van der Waals surface area contributed by atoms with Crippen molar-refractivity contribution < 1.29 is 9.13 Å². The molecule has 150 valence electrons. The number of aromatic nitrogens is 1. The van der Waals surface area contributed by atoms with Crippen LogP contribution in [0.25, 0.3) is 0 Å². The van der Waals surface area contributed by atoms with Crippen LogP contribution >= 0.6 is 0 Å². The number of halogens is 1. The lowest BCUT2D eigenvalue weighted by Crippen LogP contribution is -2.33. The van der Waals surface area contributed by atoms with Gasteiger partial charge in [-0.2, -0.15) is 5.26 Å². The molecular formula is C24H20FN3O2. The Morgan fingerprint density at radius 1 is 1.17 bits per heavy atom. The first-order valence-corrected chi connectivity index (χ1v) is 9.61. The van der Waals surface area contributed by atoms with E-state index >= 15 is 0 Å². The summed E-state index contributed by atoms with van der Waals surface area (Å²) in [6.45, 7) is 2.32. The molecule has 0 saturated carbocycles. The number of nitriles is 1. The maximum Gasteiger partial charge on any atom is 0.258 e. The van der Waals surface area contributed by atoms with Crippen LogP contribution in [-0.4, -0.2) is 4.57 Å². The Morgan fingerprint density at radius 3 is 2.53 bits per heavy atom. The molecular weight excluding hydrogens is 381 g/mol. The highest BCUT2D eigenvalue weighted by Gasteiger charge is 2.34. The Kier molecular flexibility index (Phi) is 5.11. The molecule has 4 rings (SSSR count). The normalized spacial score (nSPS) is 15.3. The molecule has 0 saturated heterocycles. The van der Waals surface area contributed by atoms with Crippen molar-refractivity contribution in [3.63, 3.8) is 0 Å². The number of hydrogen-bond acceptors (Lipinski definition) is 4. The minimum Gasteiger partial charge on any atom is -0.440 e. The number of aryl methyl sites for hydroxylation is 2. The van der Waals surface area contributed by atoms with Crippen molar-refractivity contribution in [3.05, 3.63) is 111 Å². The molecule has 1 aromatic heterocycles. The third-order valence-electron chi connectivity index (χ3n) is 5.36. The van der Waals surface area contributed by atoms with Gasteiger partial charge in [-0.1, -0.05) is 42.5 Å². The van der Waals surface area contributed by atoms with Crippen molar-refractivity contribution in [1.29, 1.82) is 5.26 Å². The number of ether oxygens (including phenoxy) is 1. The Labute approximate surface area is 173 Å². The second-order valence-electron chi connectivity index (χ2n) is 7.23. The van der Waals surface area contributed by atoms with E-state index in [9.17, 15) is 14.4 Å². The zero-order chi connectivity index (χ0) is 21.3. The average molecular weight is 401 g/mol. The van der Waals surface area contributed by atoms with Crippen molar-refractivity contribution in [1.82, 2.24) is 4.57 Å². The van der Waals surface area contributed by atoms with Crippen LogP contribution in [0.2, 0.25) is 0 Å². The second-order valence-corrected chi connectivity index (χ2v) is 7.23. The number of hydrogen-bond donors (Lipinski definition) is 1. The van der Waals surface area contributed by atoms with Gasteiger partial charge >= 0.3 is 0 Å². The number of fused-ring (bicyclic) bond motifs is 1. The monoisotopic (exact) mass is 401 g/mol. The fourth-order valence-corrected chi connectivity index (χ4v) is 3.84. The summed E-state index contributed by atoms with van der Waals surface area (Å²) in [6.07, 6.45) is 0.686. The zero-order valence-corrected chi connectivity index (χ0v) is 16.4. The second kappa shape index (κ2) is 7.88. The summed E-state index contributed by atoms with van der Waals surface area (Å²) < 4.78 is 20.8. The number of rotatable bonds is 4. The summed E-state index contributed by atoms with van der Waals surface area (Å²) >= 11 is 0. The number of benzene rings is 2. The standard InChI is InChI=1S/C24H20FN3O2/c1-15-13-20-22(24(29)28(15)12-11-16-5-3-2-4-6-16)21(19(14-26)23(27)30-20)17-7-9-18(25)10-8-17/h2-10,13,21H,11-12,27H2,1H3. The largest absolute Gasteiger partial charge is 0.440 e. The van der Waals surface area contributed by atoms with Crippen molar-refractivity contribution in [2.24, 2.45) is 5.73 Å². The SMILES string of the molecule is Cc1cc2c(c(=O)n1CCc1ccccc1)C(c1ccc(F)cc1)C(C#N)=C(N)O2. The molecule has 0 fully saturated rings. The third kappa shape index (κ3) is 3.46. The van der Waals surface area contributed by atoms with E-state index in [2.05, 4.69) is 6.07 Å². The summed E-state index contributed by atoms with van der Waals surface area (Å²) in [4.78, 5) is 13.5. The molecule has 30 heavy (non-hydrogen) atoms. The van der Waals surface area contributed by atoms with Gasteiger partial charge in [0.25, 0.3) is 5.56 Å². The molecule has 3 aromatic rings. The van der Waals surface area contributed by atoms with Gasteiger partial charge in [-0.3, -0.25) is 4.79 Å². The van der Waals surface area contributed by atoms with E-state index in [-0.39, 0.29) is 17.0 Å². The zero-order valence-electron chi connectivity index (χ0n) is 16.4. The molecule has 0 bridgehead atoms. The van der Waals surface area contributed by atoms with Crippen molar-refractivity contribution in [3.8, 4) is 11.8 Å². The minimum atomic E-state index is -0.713. The summed E-state index contributed by atoms with van der Waals surface area (Å²) in [5.74, 6) is -0.819. The van der Waals surface area contributed by atoms with E-state index in [1.807, 2.05) is 37.3 Å². The van der Waals surface area contributed by atoms with Gasteiger partial charge in [-0.25, -0.2) is 4.39 Å². The lowest BCUT2D eigenvalue weighted by atomic mass is 9.84. The summed E-state index contributed by atoms with van der Waals surface area (Å²) in [7, 11) is 0. The highest BCUT2D eigenvalue weighted by Crippen LogP contribution is 2.40. The predicted octanol–water partition coefficient (Wildman–Crippen LogP) is 3.76. The van der Waals surface area contributed by atoms with Crippen LogP contribution in [0.5, 0.6) is 5.75 Å². The van der Waals surface area contributed by atoms with Crippen LogP contribution in [0.4, 0.5) is 4.39 Å². The fourth-order valence-electron chi connectivity index (χ4n) is 3.84. The van der Waals surface area contributed by atoms with Gasteiger partial charge in [0.2, 0.25) is 5.88 Å². The van der Waals surface area contributed by atoms with Gasteiger partial charge in [0.15, 0.2) is 0 Å². The molecule has 1 aliphatic rings. The molecule has 2 N–H and O–H groups in total. The first kappa shape index (κ1) is 19.5. The van der Waals surface area contributed by atoms with Gasteiger partial charge in [0, 0.05) is 18.3 Å². The van der Waals surface area contributed by atoms with Gasteiger partial charge in [0.1, 0.15) is 23.2 Å². The lowest BCUT2D eigenvalue weighted by molar-refractivity contribution is 0.388. The minimum absolute atomic E-state index is 0.0415. The third-order valence-corrected chi connectivity index (χ3v) is 5.36. The first-order chi connectivity index (χ1) is 14.5. The highest BCUT2D eigenvalue weighted by molar-refractivity contribution is 5.55. The van der Waals surface area contributed by atoms with E-state index in [0.717, 1.165) is 11.3 Å². The maximum absolute atomic E-state index is 13.5. The Balaban J connectivity index is 1.83. The topological polar surface area (TPSA) is 81.0 Å². The molecule has 1 unspecified atom stereocenters. The quantitative estimate of drug-likeness (QED) is 0.722. The van der Waals surface area contributed by atoms with E-state index in [1.165, 1.54) is 12.1 Å². The highest BCUT2D eigenvalue weighted by atomic mass is 19.1. The summed E-state index contributed by atoms with van der Waals surface area (Å²) in [5.41, 5.74) is 8.69. The molecule has 0 radical (unpaired) electrons. The molecule has 1 atom stereocenters. The van der Waals surface area contributed by atoms with Crippen LogP contribution in [0.3, 0.4) is 0 Å². The molecule has 0 aliphatic carbocycles. The van der Waals surface area contributed by atoms with Gasteiger partial charge < -0.3 is 15.0 Å². The molecule has 0 spiro atoms. The van der Waals surface area contributed by atoms with E-state index in [4.69, 9.17) is 10.5 Å². The summed E-state index contributed by atoms with van der Waals surface area (Å²) in [5, 5.41) is 9.69. The van der Waals surface area contributed by atoms with Crippen molar-refractivity contribution >= 4 is 0 Å². The molecule has 2 aromatic carbocycles. The average Bonchev–Trinajstić information content (AvgIpc) is 2.74. The van der Waals surface area contributed by atoms with E-state index in [1.54, 1.807) is 22.8 Å². The van der Waals surface area contributed by atoms with Crippen molar-refractivity contribution in [2.45, 2.75) is 25.8 Å². The predicted molar refractivity (Wildman–Crippen MR) is 111 cm³/mol. The van der Waals surface area contributed by atoms with Crippen molar-refractivity contribution in [2.75, 3.05) is 0 Å². The van der Waals surface area contributed by atoms with Crippen LogP contribution in [0.15, 0.2) is 76.9 Å². The Bertz CT molecular complexity index is 1220. The number of nitrogens with two attached hydrogens (primary N) is 1. The lowest BCUT2D eigenvalue weighted by Gasteiger charge is -2.27. The van der Waals surface area contributed by atoms with E-state index in [0.29, 0.717) is 29.8 Å². The fraction of sp³-hybridized carbons (Fsp3) is 0.167. The number of pyridine rings is 1. The van der Waals surface area contributed by atoms with Crippen LogP contribution < -0.4 is 16.0 Å². The Morgan fingerprint density at radius 2 is 1.87 bits per heavy atom. The van der Waals surface area contributed by atoms with Crippen LogP contribution in [0.1, 0.15) is 28.3 Å². The smallest absolute Gasteiger partial charge is 0.258 e. The summed E-state index contributed by atoms with van der Waals surface area (Å²) in [6, 6.07) is 19.5. The number of nitrogens with zero attached hydrogens (tertiary/aromatic N) is 2. The van der Waals surface area contributed by atoms with E-state index < -0.39 is 11.7 Å².